The van der Waals surface area contributed by atoms with Crippen LogP contribution >= 0.6 is 0 Å². The number of amidine groups is 1. The van der Waals surface area contributed by atoms with Gasteiger partial charge in [0.1, 0.15) is 11.9 Å². The summed E-state index contributed by atoms with van der Waals surface area (Å²) >= 11 is 0. The number of aryl methyl sites for hydroxylation is 1. The predicted octanol–water partition coefficient (Wildman–Crippen LogP) is 6.24. The van der Waals surface area contributed by atoms with Crippen molar-refractivity contribution in [3.8, 4) is 0 Å². The largest absolute Gasteiger partial charge is 0.326 e. The molecule has 5 rings (SSSR count). The van der Waals surface area contributed by atoms with Gasteiger partial charge in [0.05, 0.1) is 6.04 Å². The summed E-state index contributed by atoms with van der Waals surface area (Å²) in [5.74, 6) is 0.790. The molecule has 0 bridgehead atoms. The molecule has 0 aliphatic carbocycles. The summed E-state index contributed by atoms with van der Waals surface area (Å²) < 4.78 is 0. The Labute approximate surface area is 290 Å². The fourth-order valence-electron chi connectivity index (χ4n) is 5.87. The first-order valence-electron chi connectivity index (χ1n) is 13.6. The number of amides is 2. The molecule has 5 nitrogen and oxygen atoms in total. The summed E-state index contributed by atoms with van der Waals surface area (Å²) in [7, 11) is 2.12. The van der Waals surface area contributed by atoms with E-state index in [2.05, 4.69) is 96.0 Å². The second-order valence-electron chi connectivity index (χ2n) is 11.0. The Morgan fingerprint density at radius 3 is 1.82 bits per heavy atom. The molecule has 1 saturated heterocycles. The van der Waals surface area contributed by atoms with E-state index < -0.39 is 0 Å². The third-order valence-electron chi connectivity index (χ3n) is 8.77. The minimum Gasteiger partial charge on any atom is -0.322 e. The molecule has 40 heavy (non-hydrogen) atoms. The summed E-state index contributed by atoms with van der Waals surface area (Å²) in [5, 5.41) is 0. The number of piperazine rings is 1. The van der Waals surface area contributed by atoms with E-state index in [0.29, 0.717) is 13.1 Å². The van der Waals surface area contributed by atoms with Crippen LogP contribution in [0.5, 0.6) is 0 Å². The van der Waals surface area contributed by atoms with Crippen LogP contribution < -0.4 is 0 Å². The molecule has 0 aromatic heterocycles. The molecule has 204 valence electrons. The zero-order valence-electron chi connectivity index (χ0n) is 25.0. The molecular formula is C33H39N4OY2-. The number of carbonyl (C=O) groups is 1. The molecule has 1 fully saturated rings. The van der Waals surface area contributed by atoms with E-state index in [1.807, 2.05) is 21.9 Å². The predicted molar refractivity (Wildman–Crippen MR) is 155 cm³/mol. The van der Waals surface area contributed by atoms with Crippen molar-refractivity contribution in [2.24, 2.45) is 4.99 Å². The first-order valence-corrected chi connectivity index (χ1v) is 13.6. The van der Waals surface area contributed by atoms with Crippen LogP contribution in [0, 0.1) is 47.6 Å². The van der Waals surface area contributed by atoms with Crippen molar-refractivity contribution >= 4 is 11.9 Å². The van der Waals surface area contributed by atoms with Crippen LogP contribution in [-0.2, 0) is 65.4 Å². The second kappa shape index (κ2) is 13.8. The fraction of sp³-hybridized carbons (Fsp3) is 0.394. The monoisotopic (exact) mass is 685 g/mol. The van der Waals surface area contributed by atoms with Gasteiger partial charge in [-0.25, -0.2) is 4.79 Å². The third kappa shape index (κ3) is 6.25. The van der Waals surface area contributed by atoms with Gasteiger partial charge in [0.15, 0.2) is 0 Å². The summed E-state index contributed by atoms with van der Waals surface area (Å²) in [6, 6.07) is 19.4. The van der Waals surface area contributed by atoms with Crippen molar-refractivity contribution in [3.63, 3.8) is 0 Å². The van der Waals surface area contributed by atoms with Crippen molar-refractivity contribution in [3.05, 3.63) is 105 Å². The molecule has 3 aromatic rings. The summed E-state index contributed by atoms with van der Waals surface area (Å²) in [5.41, 5.74) is 10.7. The molecule has 0 saturated carbocycles. The van der Waals surface area contributed by atoms with Gasteiger partial charge in [-0.1, -0.05) is 29.8 Å². The van der Waals surface area contributed by atoms with Crippen molar-refractivity contribution < 1.29 is 70.2 Å². The Balaban J connectivity index is 0.00000220. The molecule has 0 spiro atoms. The summed E-state index contributed by atoms with van der Waals surface area (Å²) in [6.07, 6.45) is 0. The van der Waals surface area contributed by atoms with Crippen LogP contribution in [0.4, 0.5) is 4.79 Å². The van der Waals surface area contributed by atoms with Gasteiger partial charge in [0, 0.05) is 97.2 Å². The van der Waals surface area contributed by atoms with Gasteiger partial charge in [-0.15, -0.1) is 5.56 Å². The van der Waals surface area contributed by atoms with E-state index in [4.69, 9.17) is 4.99 Å². The van der Waals surface area contributed by atoms with Crippen LogP contribution in [0.25, 0.3) is 0 Å². The Kier molecular flexibility index (Phi) is 11.5. The maximum absolute atomic E-state index is 14.5. The standard InChI is InChI=1S/C33H39N4O.2Y/c1-21-13-15-27(16-14-21)30-31(28-11-9-8-10-12-28)37(33(38)36-19-17-35(7)18-20-36)32(34-30)29-25(5)23(3)22(2)24(4)26(29)6;;/h9-16,30-31H,17-20H2,1-7H3;;/q-1;;/t30-,31+;;/m1../s1. The van der Waals surface area contributed by atoms with Gasteiger partial charge in [0.25, 0.3) is 0 Å². The van der Waals surface area contributed by atoms with E-state index in [1.165, 1.54) is 33.4 Å². The van der Waals surface area contributed by atoms with Crippen molar-refractivity contribution in [2.75, 3.05) is 33.2 Å². The molecule has 2 aliphatic heterocycles. The van der Waals surface area contributed by atoms with E-state index in [1.54, 1.807) is 0 Å². The topological polar surface area (TPSA) is 39.2 Å². The van der Waals surface area contributed by atoms with Crippen LogP contribution in [-0.4, -0.2) is 59.8 Å². The quantitative estimate of drug-likeness (QED) is 0.307. The first-order chi connectivity index (χ1) is 18.2. The first kappa shape index (κ1) is 33.3. The number of nitrogens with zero attached hydrogens (tertiary/aromatic N) is 4. The minimum absolute atomic E-state index is 0. The molecule has 2 atom stereocenters. The molecule has 0 unspecified atom stereocenters. The second-order valence-corrected chi connectivity index (χ2v) is 11.0. The molecule has 2 radical (unpaired) electrons. The Morgan fingerprint density at radius 2 is 1.27 bits per heavy atom. The number of hydrogen-bond donors (Lipinski definition) is 0. The summed E-state index contributed by atoms with van der Waals surface area (Å²) in [4.78, 5) is 26.2. The van der Waals surface area contributed by atoms with E-state index in [0.717, 1.165) is 35.6 Å². The Hall–Kier alpha value is -1.23. The number of benzene rings is 3. The number of carbonyl (C=O) groups excluding carboxylic acids is 1. The zero-order valence-corrected chi connectivity index (χ0v) is 30.6. The minimum atomic E-state index is -0.241. The van der Waals surface area contributed by atoms with Gasteiger partial charge in [-0.2, -0.15) is 30.3 Å². The molecule has 0 N–H and O–H groups in total. The maximum Gasteiger partial charge on any atom is 0.326 e. The zero-order chi connectivity index (χ0) is 27.1. The summed E-state index contributed by atoms with van der Waals surface area (Å²) in [6.45, 7) is 16.2. The van der Waals surface area contributed by atoms with Gasteiger partial charge in [0.2, 0.25) is 0 Å². The Morgan fingerprint density at radius 1 is 0.750 bits per heavy atom. The van der Waals surface area contributed by atoms with E-state index in [-0.39, 0.29) is 83.5 Å². The molecular weight excluding hydrogens is 646 g/mol. The third-order valence-corrected chi connectivity index (χ3v) is 8.77. The van der Waals surface area contributed by atoms with Crippen molar-refractivity contribution in [2.45, 2.75) is 53.6 Å². The number of aliphatic imine (C=N–C) groups is 1. The van der Waals surface area contributed by atoms with Gasteiger partial charge >= 0.3 is 6.03 Å². The SMILES string of the molecule is Cc1ccc([C@H]2N=C(c3c(C)c(C)c(C)c(C)c3C)N(C(=O)N3CCN(C)CC3)[C@H]2c2cc[c-]cc2)cc1.[Y].[Y]. The molecule has 3 aromatic carbocycles. The number of rotatable bonds is 3. The smallest absolute Gasteiger partial charge is 0.322 e. The van der Waals surface area contributed by atoms with Crippen molar-refractivity contribution in [1.29, 1.82) is 0 Å². The molecule has 2 heterocycles. The molecule has 2 amide bonds. The van der Waals surface area contributed by atoms with Crippen LogP contribution in [0.1, 0.15) is 62.2 Å². The number of urea groups is 1. The van der Waals surface area contributed by atoms with Crippen LogP contribution in [0.15, 0.2) is 53.5 Å². The Bertz CT molecular complexity index is 1350. The maximum atomic E-state index is 14.5. The van der Waals surface area contributed by atoms with Crippen LogP contribution in [0.2, 0.25) is 0 Å². The normalized spacial score (nSPS) is 19.1. The average molecular weight is 686 g/mol. The fourth-order valence-corrected chi connectivity index (χ4v) is 5.87. The van der Waals surface area contributed by atoms with Crippen molar-refractivity contribution in [1.82, 2.24) is 14.7 Å². The van der Waals surface area contributed by atoms with Gasteiger partial charge in [-0.05, 0) is 82.0 Å². The molecule has 2 aliphatic rings. The van der Waals surface area contributed by atoms with E-state index >= 15 is 0 Å². The number of hydrogen-bond acceptors (Lipinski definition) is 3. The molecule has 7 heteroatoms. The number of likely N-dealkylation sites (N-methyl/N-ethyl adjacent to an activating group) is 1. The van der Waals surface area contributed by atoms with E-state index in [9.17, 15) is 4.79 Å². The van der Waals surface area contributed by atoms with Gasteiger partial charge < -0.3 is 9.80 Å². The van der Waals surface area contributed by atoms with Crippen LogP contribution in [0.3, 0.4) is 0 Å². The van der Waals surface area contributed by atoms with Gasteiger partial charge in [-0.3, -0.25) is 9.89 Å². The average Bonchev–Trinajstić information content (AvgIpc) is 3.32.